The molecule has 1 aliphatic rings. The van der Waals surface area contributed by atoms with Gasteiger partial charge < -0.3 is 31.3 Å². The highest BCUT2D eigenvalue weighted by Gasteiger charge is 2.21. The third kappa shape index (κ3) is 21.9. The van der Waals surface area contributed by atoms with Crippen molar-refractivity contribution < 1.29 is 44.1 Å². The molecule has 0 atom stereocenters. The van der Waals surface area contributed by atoms with E-state index in [1.807, 2.05) is 0 Å². The van der Waals surface area contributed by atoms with Crippen LogP contribution < -0.4 is 16.0 Å². The van der Waals surface area contributed by atoms with Crippen molar-refractivity contribution in [1.29, 1.82) is 0 Å². The highest BCUT2D eigenvalue weighted by molar-refractivity contribution is 5.85. The molecule has 0 aromatic heterocycles. The van der Waals surface area contributed by atoms with Gasteiger partial charge in [-0.2, -0.15) is 0 Å². The van der Waals surface area contributed by atoms with Gasteiger partial charge in [0.05, 0.1) is 32.7 Å². The Kier molecular flexibility index (Phi) is 20.3. The van der Waals surface area contributed by atoms with E-state index in [9.17, 15) is 44.1 Å². The third-order valence-corrected chi connectivity index (χ3v) is 7.25. The molecule has 16 heteroatoms. The van der Waals surface area contributed by atoms with Gasteiger partial charge in [0.15, 0.2) is 0 Å². The van der Waals surface area contributed by atoms with Crippen molar-refractivity contribution in [2.45, 2.75) is 46.0 Å². The first-order chi connectivity index (χ1) is 21.3. The molecular weight excluding hydrogens is 590 g/mol. The minimum absolute atomic E-state index is 0.00335. The zero-order chi connectivity index (χ0) is 33.6. The first kappa shape index (κ1) is 39.7. The fourth-order valence-corrected chi connectivity index (χ4v) is 4.75. The van der Waals surface area contributed by atoms with Gasteiger partial charge in [-0.3, -0.25) is 48.4 Å². The van der Waals surface area contributed by atoms with E-state index in [4.69, 9.17) is 0 Å². The van der Waals surface area contributed by atoms with E-state index in [-0.39, 0.29) is 83.8 Å². The summed E-state index contributed by atoms with van der Waals surface area (Å²) >= 11 is 0. The summed E-state index contributed by atoms with van der Waals surface area (Å²) < 4.78 is 0. The summed E-state index contributed by atoms with van der Waals surface area (Å²) in [5, 5.41) is 36.2. The normalized spacial score (nSPS) is 16.3. The molecule has 16 nitrogen and oxygen atoms in total. The number of unbranched alkanes of at least 4 members (excludes halogenated alkanes) is 1. The van der Waals surface area contributed by atoms with Gasteiger partial charge in [0, 0.05) is 71.9 Å². The molecule has 3 amide bonds. The van der Waals surface area contributed by atoms with E-state index in [0.717, 1.165) is 12.8 Å². The second kappa shape index (κ2) is 23.1. The summed E-state index contributed by atoms with van der Waals surface area (Å²) in [6, 6.07) is 0. The molecule has 0 radical (unpaired) electrons. The number of carboxylic acid groups (broad SMARTS) is 3. The lowest BCUT2D eigenvalue weighted by molar-refractivity contribution is -0.140. The first-order valence-corrected chi connectivity index (χ1v) is 15.7. The van der Waals surface area contributed by atoms with Gasteiger partial charge in [-0.15, -0.1) is 0 Å². The Bertz CT molecular complexity index is 919. The Morgan fingerprint density at radius 1 is 0.533 bits per heavy atom. The van der Waals surface area contributed by atoms with Crippen LogP contribution in [0.1, 0.15) is 46.0 Å². The minimum atomic E-state index is -1.03. The summed E-state index contributed by atoms with van der Waals surface area (Å²) in [5.74, 6) is -3.27. The van der Waals surface area contributed by atoms with E-state index in [2.05, 4.69) is 29.8 Å². The number of aliphatic carboxylic acids is 3. The molecular formula is C29H53N7O9. The van der Waals surface area contributed by atoms with Crippen molar-refractivity contribution in [1.82, 2.24) is 35.6 Å². The predicted molar refractivity (Wildman–Crippen MR) is 166 cm³/mol. The van der Waals surface area contributed by atoms with E-state index >= 15 is 0 Å². The molecule has 1 saturated heterocycles. The van der Waals surface area contributed by atoms with Gasteiger partial charge in [0.25, 0.3) is 0 Å². The molecule has 0 aromatic carbocycles. The van der Waals surface area contributed by atoms with Gasteiger partial charge in [-0.25, -0.2) is 0 Å². The monoisotopic (exact) mass is 643 g/mol. The van der Waals surface area contributed by atoms with Gasteiger partial charge in [-0.05, 0) is 31.6 Å². The van der Waals surface area contributed by atoms with Gasteiger partial charge in [-0.1, -0.05) is 13.8 Å². The number of carboxylic acids is 3. The highest BCUT2D eigenvalue weighted by Crippen LogP contribution is 2.03. The Balaban J connectivity index is 2.56. The number of hydrogen-bond acceptors (Lipinski definition) is 10. The molecule has 0 aliphatic carbocycles. The maximum absolute atomic E-state index is 12.7. The van der Waals surface area contributed by atoms with Crippen LogP contribution in [0.4, 0.5) is 0 Å². The standard InChI is InChI=1S/C29H53N7O9/c1-23(2)6-5-9-30-24(37)7-3-4-8-31-25(38)18-32-26(39)19-33-10-12-34(20-27(40)41)14-16-36(22-29(44)45)17-15-35(13-11-33)21-28(42)43/h23H,3-22H2,1-2H3,(H,30,37)(H,31,38)(H,32,39)(H,40,41)(H,42,43)(H,44,45). The molecule has 1 rings (SSSR count). The SMILES string of the molecule is CC(C)CCCNC(=O)CCCCNC(=O)CNC(=O)CN1CCN(CC(=O)O)CCN(CC(=O)O)CCN(CC(=O)O)CC1. The second-order valence-electron chi connectivity index (χ2n) is 11.8. The number of nitrogens with zero attached hydrogens (tertiary/aromatic N) is 4. The summed E-state index contributed by atoms with van der Waals surface area (Å²) in [5.41, 5.74) is 0. The van der Waals surface area contributed by atoms with Gasteiger partial charge in [0.1, 0.15) is 0 Å². The van der Waals surface area contributed by atoms with Crippen LogP contribution in [0, 0.1) is 5.92 Å². The van der Waals surface area contributed by atoms with Crippen LogP contribution in [0.5, 0.6) is 0 Å². The van der Waals surface area contributed by atoms with Crippen molar-refractivity contribution in [3.63, 3.8) is 0 Å². The van der Waals surface area contributed by atoms with Crippen LogP contribution in [-0.2, 0) is 28.8 Å². The average Bonchev–Trinajstić information content (AvgIpc) is 2.94. The van der Waals surface area contributed by atoms with Crippen molar-refractivity contribution in [3.8, 4) is 0 Å². The molecule has 0 spiro atoms. The maximum Gasteiger partial charge on any atom is 0.317 e. The van der Waals surface area contributed by atoms with Crippen LogP contribution in [0.3, 0.4) is 0 Å². The molecule has 0 bridgehead atoms. The van der Waals surface area contributed by atoms with Crippen molar-refractivity contribution >= 4 is 35.6 Å². The smallest absolute Gasteiger partial charge is 0.317 e. The summed E-state index contributed by atoms with van der Waals surface area (Å²) in [6.45, 7) is 6.56. The quantitative estimate of drug-likeness (QED) is 0.0879. The lowest BCUT2D eigenvalue weighted by atomic mass is 10.1. The predicted octanol–water partition coefficient (Wildman–Crippen LogP) is -1.58. The molecule has 0 aromatic rings. The van der Waals surface area contributed by atoms with Crippen LogP contribution in [0.25, 0.3) is 0 Å². The highest BCUT2D eigenvalue weighted by atomic mass is 16.4. The molecule has 1 fully saturated rings. The lowest BCUT2D eigenvalue weighted by Gasteiger charge is -2.32. The number of amides is 3. The Morgan fingerprint density at radius 3 is 1.36 bits per heavy atom. The van der Waals surface area contributed by atoms with E-state index < -0.39 is 23.8 Å². The van der Waals surface area contributed by atoms with Gasteiger partial charge in [0.2, 0.25) is 17.7 Å². The summed E-state index contributed by atoms with van der Waals surface area (Å²) in [6.07, 6.45) is 3.66. The molecule has 6 N–H and O–H groups in total. The zero-order valence-corrected chi connectivity index (χ0v) is 26.8. The molecule has 1 heterocycles. The topological polar surface area (TPSA) is 212 Å². The largest absolute Gasteiger partial charge is 0.480 e. The van der Waals surface area contributed by atoms with Crippen LogP contribution in [0.15, 0.2) is 0 Å². The van der Waals surface area contributed by atoms with Gasteiger partial charge >= 0.3 is 17.9 Å². The third-order valence-electron chi connectivity index (χ3n) is 7.25. The second-order valence-corrected chi connectivity index (χ2v) is 11.8. The van der Waals surface area contributed by atoms with Crippen LogP contribution in [0.2, 0.25) is 0 Å². The minimum Gasteiger partial charge on any atom is -0.480 e. The molecule has 258 valence electrons. The number of nitrogens with one attached hydrogen (secondary N) is 3. The Hall–Kier alpha value is -3.34. The van der Waals surface area contributed by atoms with Crippen LogP contribution >= 0.6 is 0 Å². The number of hydrogen-bond donors (Lipinski definition) is 6. The van der Waals surface area contributed by atoms with Crippen molar-refractivity contribution in [2.75, 3.05) is 98.2 Å². The number of carbonyl (C=O) groups is 6. The lowest BCUT2D eigenvalue weighted by Crippen LogP contribution is -2.50. The fraction of sp³-hybridized carbons (Fsp3) is 0.793. The zero-order valence-electron chi connectivity index (χ0n) is 26.8. The first-order valence-electron chi connectivity index (χ1n) is 15.7. The van der Waals surface area contributed by atoms with E-state index in [0.29, 0.717) is 51.4 Å². The maximum atomic E-state index is 12.7. The van der Waals surface area contributed by atoms with Crippen molar-refractivity contribution in [2.24, 2.45) is 5.92 Å². The molecule has 45 heavy (non-hydrogen) atoms. The number of rotatable bonds is 19. The molecule has 1 aliphatic heterocycles. The van der Waals surface area contributed by atoms with E-state index in [1.54, 1.807) is 19.6 Å². The fourth-order valence-electron chi connectivity index (χ4n) is 4.75. The van der Waals surface area contributed by atoms with Crippen LogP contribution in [-0.4, -0.2) is 169 Å². The van der Waals surface area contributed by atoms with Crippen molar-refractivity contribution in [3.05, 3.63) is 0 Å². The number of carbonyl (C=O) groups excluding carboxylic acids is 3. The average molecular weight is 644 g/mol. The molecule has 0 saturated carbocycles. The summed E-state index contributed by atoms with van der Waals surface area (Å²) in [4.78, 5) is 77.7. The van der Waals surface area contributed by atoms with E-state index in [1.165, 1.54) is 0 Å². The Labute approximate surface area is 265 Å². The summed E-state index contributed by atoms with van der Waals surface area (Å²) in [7, 11) is 0. The molecule has 0 unspecified atom stereocenters. The Morgan fingerprint density at radius 2 is 0.933 bits per heavy atom.